The summed E-state index contributed by atoms with van der Waals surface area (Å²) in [7, 11) is 2.00. The second kappa shape index (κ2) is 5.23. The van der Waals surface area contributed by atoms with E-state index in [1.54, 1.807) is 0 Å². The molecule has 1 aromatic rings. The van der Waals surface area contributed by atoms with Gasteiger partial charge in [-0.15, -0.1) is 0 Å². The molecule has 2 N–H and O–H groups in total. The summed E-state index contributed by atoms with van der Waals surface area (Å²) in [6.45, 7) is 2.99. The van der Waals surface area contributed by atoms with Crippen LogP contribution in [-0.2, 0) is 17.8 Å². The minimum Gasteiger partial charge on any atom is -0.376 e. The molecular weight excluding hydrogens is 204 g/mol. The van der Waals surface area contributed by atoms with E-state index in [0.29, 0.717) is 13.2 Å². The fraction of sp³-hybridized carbons (Fsp3) is 0.636. The van der Waals surface area contributed by atoms with Crippen molar-refractivity contribution in [2.24, 2.45) is 5.73 Å². The lowest BCUT2D eigenvalue weighted by Gasteiger charge is -2.20. The molecule has 88 valence electrons. The predicted octanol–water partition coefficient (Wildman–Crippen LogP) is 0.334. The molecule has 1 aromatic heterocycles. The van der Waals surface area contributed by atoms with E-state index in [1.165, 1.54) is 0 Å². The number of hydrogen-bond donors (Lipinski definition) is 1. The molecule has 16 heavy (non-hydrogen) atoms. The maximum Gasteiger partial charge on any atom is 0.225 e. The quantitative estimate of drug-likeness (QED) is 0.795. The molecule has 0 unspecified atom stereocenters. The average Bonchev–Trinajstić information content (AvgIpc) is 2.35. The number of rotatable bonds is 4. The van der Waals surface area contributed by atoms with Gasteiger partial charge in [0.05, 0.1) is 18.9 Å². The van der Waals surface area contributed by atoms with Gasteiger partial charge in [-0.1, -0.05) is 0 Å². The fourth-order valence-electron chi connectivity index (χ4n) is 1.73. The monoisotopic (exact) mass is 222 g/mol. The van der Waals surface area contributed by atoms with E-state index in [1.807, 2.05) is 18.1 Å². The second-order valence-corrected chi connectivity index (χ2v) is 4.01. The lowest BCUT2D eigenvalue weighted by molar-refractivity contribution is 0.109. The minimum absolute atomic E-state index is 0.641. The number of nitrogens with two attached hydrogens (primary N) is 1. The van der Waals surface area contributed by atoms with Crippen molar-refractivity contribution < 1.29 is 4.74 Å². The van der Waals surface area contributed by atoms with Crippen molar-refractivity contribution in [2.45, 2.75) is 19.4 Å². The van der Waals surface area contributed by atoms with Crippen molar-refractivity contribution in [1.29, 1.82) is 0 Å². The Kier molecular flexibility index (Phi) is 3.69. The summed E-state index contributed by atoms with van der Waals surface area (Å²) in [4.78, 5) is 10.9. The third-order valence-electron chi connectivity index (χ3n) is 2.72. The molecule has 0 aromatic carbocycles. The number of anilines is 1. The summed E-state index contributed by atoms with van der Waals surface area (Å²) in [6, 6.07) is 0. The van der Waals surface area contributed by atoms with Crippen LogP contribution < -0.4 is 10.6 Å². The zero-order chi connectivity index (χ0) is 11.4. The van der Waals surface area contributed by atoms with Gasteiger partial charge in [0.1, 0.15) is 0 Å². The maximum absolute atomic E-state index is 5.48. The predicted molar refractivity (Wildman–Crippen MR) is 62.3 cm³/mol. The zero-order valence-electron chi connectivity index (χ0n) is 9.65. The first-order valence-corrected chi connectivity index (χ1v) is 5.65. The molecule has 0 fully saturated rings. The van der Waals surface area contributed by atoms with Gasteiger partial charge in [-0.2, -0.15) is 0 Å². The number of nitrogens with zero attached hydrogens (tertiary/aromatic N) is 3. The highest BCUT2D eigenvalue weighted by molar-refractivity contribution is 5.32. The summed E-state index contributed by atoms with van der Waals surface area (Å²) in [5, 5.41) is 0. The molecule has 2 heterocycles. The Bertz CT molecular complexity index is 356. The second-order valence-electron chi connectivity index (χ2n) is 4.01. The van der Waals surface area contributed by atoms with Gasteiger partial charge in [-0.05, 0) is 13.0 Å². The highest BCUT2D eigenvalue weighted by Crippen LogP contribution is 2.16. The lowest BCUT2D eigenvalue weighted by Crippen LogP contribution is -2.24. The Labute approximate surface area is 95.6 Å². The molecule has 0 saturated carbocycles. The van der Waals surface area contributed by atoms with Gasteiger partial charge in [-0.25, -0.2) is 9.97 Å². The first-order valence-electron chi connectivity index (χ1n) is 5.65. The highest BCUT2D eigenvalue weighted by atomic mass is 16.5. The smallest absolute Gasteiger partial charge is 0.225 e. The van der Waals surface area contributed by atoms with Crippen LogP contribution in [0.25, 0.3) is 0 Å². The molecule has 0 spiro atoms. The van der Waals surface area contributed by atoms with E-state index in [9.17, 15) is 0 Å². The number of hydrogen-bond acceptors (Lipinski definition) is 5. The molecule has 2 rings (SSSR count). The SMILES string of the molecule is CN(CCCN)c1ncc2c(n1)CCOC2. The maximum atomic E-state index is 5.48. The molecule has 5 heteroatoms. The fourth-order valence-corrected chi connectivity index (χ4v) is 1.73. The van der Waals surface area contributed by atoms with Crippen LogP contribution in [0.3, 0.4) is 0 Å². The summed E-state index contributed by atoms with van der Waals surface area (Å²) in [5.74, 6) is 0.786. The normalized spacial score (nSPS) is 14.6. The lowest BCUT2D eigenvalue weighted by atomic mass is 10.1. The van der Waals surface area contributed by atoms with Gasteiger partial charge < -0.3 is 15.4 Å². The zero-order valence-corrected chi connectivity index (χ0v) is 9.65. The van der Waals surface area contributed by atoms with Crippen molar-refractivity contribution in [3.63, 3.8) is 0 Å². The molecule has 0 atom stereocenters. The van der Waals surface area contributed by atoms with E-state index < -0.39 is 0 Å². The molecular formula is C11H18N4O. The van der Waals surface area contributed by atoms with Crippen molar-refractivity contribution in [3.05, 3.63) is 17.5 Å². The molecule has 0 bridgehead atoms. The van der Waals surface area contributed by atoms with E-state index in [0.717, 1.165) is 43.2 Å². The van der Waals surface area contributed by atoms with Crippen LogP contribution in [0.4, 0.5) is 5.95 Å². The van der Waals surface area contributed by atoms with Crippen LogP contribution in [0.5, 0.6) is 0 Å². The summed E-state index contributed by atoms with van der Waals surface area (Å²) >= 11 is 0. The molecule has 0 radical (unpaired) electrons. The van der Waals surface area contributed by atoms with Crippen LogP contribution in [0.1, 0.15) is 17.7 Å². The highest BCUT2D eigenvalue weighted by Gasteiger charge is 2.13. The first kappa shape index (κ1) is 11.3. The van der Waals surface area contributed by atoms with E-state index in [4.69, 9.17) is 10.5 Å². The Morgan fingerprint density at radius 3 is 3.25 bits per heavy atom. The first-order chi connectivity index (χ1) is 7.81. The van der Waals surface area contributed by atoms with Crippen molar-refractivity contribution in [2.75, 3.05) is 31.6 Å². The van der Waals surface area contributed by atoms with Gasteiger partial charge in [0.2, 0.25) is 5.95 Å². The summed E-state index contributed by atoms with van der Waals surface area (Å²) in [5.41, 5.74) is 7.72. The number of fused-ring (bicyclic) bond motifs is 1. The minimum atomic E-state index is 0.641. The van der Waals surface area contributed by atoms with E-state index >= 15 is 0 Å². The van der Waals surface area contributed by atoms with Crippen LogP contribution in [0, 0.1) is 0 Å². The topological polar surface area (TPSA) is 64.3 Å². The standard InChI is InChI=1S/C11H18N4O/c1-15(5-2-4-12)11-13-7-9-8-16-6-3-10(9)14-11/h7H,2-6,8,12H2,1H3. The van der Waals surface area contributed by atoms with Gasteiger partial charge in [0.25, 0.3) is 0 Å². The number of ether oxygens (including phenoxy) is 1. The summed E-state index contributed by atoms with van der Waals surface area (Å²) in [6.07, 6.45) is 3.71. The Balaban J connectivity index is 2.10. The van der Waals surface area contributed by atoms with Crippen LogP contribution in [0.15, 0.2) is 6.20 Å². The van der Waals surface area contributed by atoms with E-state index in [2.05, 4.69) is 9.97 Å². The van der Waals surface area contributed by atoms with Gasteiger partial charge in [-0.3, -0.25) is 0 Å². The molecule has 5 nitrogen and oxygen atoms in total. The third-order valence-corrected chi connectivity index (χ3v) is 2.72. The van der Waals surface area contributed by atoms with Gasteiger partial charge >= 0.3 is 0 Å². The van der Waals surface area contributed by atoms with E-state index in [-0.39, 0.29) is 0 Å². The van der Waals surface area contributed by atoms with Crippen molar-refractivity contribution in [3.8, 4) is 0 Å². The van der Waals surface area contributed by atoms with Crippen LogP contribution in [-0.4, -0.2) is 36.7 Å². The number of aromatic nitrogens is 2. The Hall–Kier alpha value is -1.20. The Morgan fingerprint density at radius 2 is 2.44 bits per heavy atom. The molecule has 0 amide bonds. The van der Waals surface area contributed by atoms with Crippen molar-refractivity contribution in [1.82, 2.24) is 9.97 Å². The Morgan fingerprint density at radius 1 is 1.56 bits per heavy atom. The largest absolute Gasteiger partial charge is 0.376 e. The molecule has 1 aliphatic heterocycles. The van der Waals surface area contributed by atoms with Crippen molar-refractivity contribution >= 4 is 5.95 Å². The average molecular weight is 222 g/mol. The molecule has 0 saturated heterocycles. The third kappa shape index (κ3) is 2.48. The van der Waals surface area contributed by atoms with Gasteiger partial charge in [0, 0.05) is 31.8 Å². The molecule has 0 aliphatic carbocycles. The van der Waals surface area contributed by atoms with Gasteiger partial charge in [0.15, 0.2) is 0 Å². The molecule has 1 aliphatic rings. The van der Waals surface area contributed by atoms with Crippen LogP contribution >= 0.6 is 0 Å². The van der Waals surface area contributed by atoms with Crippen LogP contribution in [0.2, 0.25) is 0 Å². The summed E-state index contributed by atoms with van der Waals surface area (Å²) < 4.78 is 5.35.